The molecule has 0 radical (unpaired) electrons. The number of methoxy groups -OCH3 is 1. The van der Waals surface area contributed by atoms with E-state index in [0.29, 0.717) is 19.0 Å². The van der Waals surface area contributed by atoms with Crippen molar-refractivity contribution in [3.8, 4) is 5.75 Å². The molecular formula is C18H22FN3O. The Balaban J connectivity index is 1.93. The van der Waals surface area contributed by atoms with E-state index < -0.39 is 0 Å². The smallest absolute Gasteiger partial charge is 0.191 e. The number of nitrogens with one attached hydrogen (secondary N) is 2. The van der Waals surface area contributed by atoms with Crippen LogP contribution in [0, 0.1) is 12.7 Å². The summed E-state index contributed by atoms with van der Waals surface area (Å²) in [5.41, 5.74) is 3.06. The summed E-state index contributed by atoms with van der Waals surface area (Å²) in [4.78, 5) is 4.17. The first-order valence-corrected chi connectivity index (χ1v) is 7.45. The van der Waals surface area contributed by atoms with Crippen molar-refractivity contribution in [1.82, 2.24) is 10.6 Å². The van der Waals surface area contributed by atoms with Gasteiger partial charge in [-0.05, 0) is 36.2 Å². The summed E-state index contributed by atoms with van der Waals surface area (Å²) in [6.45, 7) is 3.12. The molecule has 2 aromatic carbocycles. The maximum absolute atomic E-state index is 13.2. The number of aryl methyl sites for hydroxylation is 1. The van der Waals surface area contributed by atoms with Crippen molar-refractivity contribution in [3.63, 3.8) is 0 Å². The molecule has 0 aromatic heterocycles. The van der Waals surface area contributed by atoms with E-state index in [0.717, 1.165) is 22.4 Å². The van der Waals surface area contributed by atoms with Crippen molar-refractivity contribution in [3.05, 3.63) is 65.0 Å². The number of hydrogen-bond donors (Lipinski definition) is 2. The van der Waals surface area contributed by atoms with Crippen LogP contribution in [0.15, 0.2) is 47.5 Å². The minimum Gasteiger partial charge on any atom is -0.496 e. The lowest BCUT2D eigenvalue weighted by molar-refractivity contribution is 0.408. The maximum Gasteiger partial charge on any atom is 0.191 e. The zero-order valence-electron chi connectivity index (χ0n) is 13.7. The molecule has 2 N–H and O–H groups in total. The Morgan fingerprint density at radius 1 is 1.13 bits per heavy atom. The summed E-state index contributed by atoms with van der Waals surface area (Å²) in [7, 11) is 3.36. The molecule has 0 heterocycles. The van der Waals surface area contributed by atoms with E-state index in [1.54, 1.807) is 20.2 Å². The zero-order valence-corrected chi connectivity index (χ0v) is 13.7. The summed E-state index contributed by atoms with van der Waals surface area (Å²) in [5, 5.41) is 6.39. The Labute approximate surface area is 136 Å². The molecule has 0 aliphatic rings. The molecule has 0 saturated carbocycles. The van der Waals surface area contributed by atoms with Crippen molar-refractivity contribution in [2.24, 2.45) is 4.99 Å². The topological polar surface area (TPSA) is 45.7 Å². The molecular weight excluding hydrogens is 293 g/mol. The first-order valence-electron chi connectivity index (χ1n) is 7.45. The molecule has 0 bridgehead atoms. The molecule has 0 spiro atoms. The van der Waals surface area contributed by atoms with Crippen molar-refractivity contribution in [2.45, 2.75) is 20.0 Å². The molecule has 5 heteroatoms. The summed E-state index contributed by atoms with van der Waals surface area (Å²) in [5.74, 6) is 1.26. The Kier molecular flexibility index (Phi) is 5.97. The van der Waals surface area contributed by atoms with Gasteiger partial charge in [-0.3, -0.25) is 4.99 Å². The van der Waals surface area contributed by atoms with E-state index >= 15 is 0 Å². The monoisotopic (exact) mass is 315 g/mol. The standard InChI is InChI=1S/C18H22FN3O/c1-13-7-8-15(17(9-13)23-3)12-22-18(20-2)21-11-14-5-4-6-16(19)10-14/h4-10H,11-12H2,1-3H3,(H2,20,21,22). The molecule has 2 aromatic rings. The van der Waals surface area contributed by atoms with Crippen LogP contribution >= 0.6 is 0 Å². The van der Waals surface area contributed by atoms with Gasteiger partial charge >= 0.3 is 0 Å². The van der Waals surface area contributed by atoms with Gasteiger partial charge in [-0.2, -0.15) is 0 Å². The number of ether oxygens (including phenoxy) is 1. The number of halogens is 1. The summed E-state index contributed by atoms with van der Waals surface area (Å²) < 4.78 is 18.6. The van der Waals surface area contributed by atoms with Crippen LogP contribution in [-0.2, 0) is 13.1 Å². The van der Waals surface area contributed by atoms with E-state index in [-0.39, 0.29) is 5.82 Å². The second-order valence-corrected chi connectivity index (χ2v) is 5.22. The van der Waals surface area contributed by atoms with Crippen LogP contribution < -0.4 is 15.4 Å². The maximum atomic E-state index is 13.2. The Bertz CT molecular complexity index is 686. The molecule has 4 nitrogen and oxygen atoms in total. The first kappa shape index (κ1) is 16.8. The number of hydrogen-bond acceptors (Lipinski definition) is 2. The van der Waals surface area contributed by atoms with Crippen molar-refractivity contribution in [2.75, 3.05) is 14.2 Å². The van der Waals surface area contributed by atoms with Crippen LogP contribution in [0.2, 0.25) is 0 Å². The minimum absolute atomic E-state index is 0.239. The normalized spacial score (nSPS) is 11.2. The third kappa shape index (κ3) is 4.98. The van der Waals surface area contributed by atoms with Crippen LogP contribution in [0.1, 0.15) is 16.7 Å². The minimum atomic E-state index is -0.239. The highest BCUT2D eigenvalue weighted by atomic mass is 19.1. The molecule has 0 aliphatic heterocycles. The first-order chi connectivity index (χ1) is 11.1. The molecule has 23 heavy (non-hydrogen) atoms. The van der Waals surface area contributed by atoms with Gasteiger partial charge in [0.05, 0.1) is 7.11 Å². The van der Waals surface area contributed by atoms with Crippen molar-refractivity contribution < 1.29 is 9.13 Å². The Morgan fingerprint density at radius 3 is 2.61 bits per heavy atom. The second-order valence-electron chi connectivity index (χ2n) is 5.22. The molecule has 122 valence electrons. The van der Waals surface area contributed by atoms with Crippen LogP contribution in [0.3, 0.4) is 0 Å². The third-order valence-electron chi connectivity index (χ3n) is 3.46. The van der Waals surface area contributed by atoms with Crippen LogP contribution in [0.5, 0.6) is 5.75 Å². The average molecular weight is 315 g/mol. The number of benzene rings is 2. The van der Waals surface area contributed by atoms with Gasteiger partial charge in [0.2, 0.25) is 0 Å². The summed E-state index contributed by atoms with van der Waals surface area (Å²) in [6, 6.07) is 12.6. The average Bonchev–Trinajstić information content (AvgIpc) is 2.56. The quantitative estimate of drug-likeness (QED) is 0.658. The molecule has 0 atom stereocenters. The van der Waals surface area contributed by atoms with Gasteiger partial charge in [0.25, 0.3) is 0 Å². The highest BCUT2D eigenvalue weighted by Crippen LogP contribution is 2.19. The highest BCUT2D eigenvalue weighted by molar-refractivity contribution is 5.79. The van der Waals surface area contributed by atoms with E-state index in [1.165, 1.54) is 12.1 Å². The fraction of sp³-hybridized carbons (Fsp3) is 0.278. The Hall–Kier alpha value is -2.56. The number of rotatable bonds is 5. The van der Waals surface area contributed by atoms with E-state index in [1.807, 2.05) is 31.2 Å². The highest BCUT2D eigenvalue weighted by Gasteiger charge is 2.05. The largest absolute Gasteiger partial charge is 0.496 e. The van der Waals surface area contributed by atoms with Crippen LogP contribution in [-0.4, -0.2) is 20.1 Å². The van der Waals surface area contributed by atoms with E-state index in [9.17, 15) is 4.39 Å². The SMILES string of the molecule is CN=C(NCc1cccc(F)c1)NCc1ccc(C)cc1OC. The van der Waals surface area contributed by atoms with Crippen LogP contribution in [0.25, 0.3) is 0 Å². The summed E-state index contributed by atoms with van der Waals surface area (Å²) in [6.07, 6.45) is 0. The van der Waals surface area contributed by atoms with Gasteiger partial charge < -0.3 is 15.4 Å². The molecule has 0 amide bonds. The number of nitrogens with zero attached hydrogens (tertiary/aromatic N) is 1. The van der Waals surface area contributed by atoms with Gasteiger partial charge in [-0.25, -0.2) is 4.39 Å². The molecule has 2 rings (SSSR count). The molecule has 0 unspecified atom stereocenters. The van der Waals surface area contributed by atoms with Gasteiger partial charge in [0, 0.05) is 25.7 Å². The van der Waals surface area contributed by atoms with Crippen LogP contribution in [0.4, 0.5) is 4.39 Å². The summed E-state index contributed by atoms with van der Waals surface area (Å²) >= 11 is 0. The molecule has 0 saturated heterocycles. The third-order valence-corrected chi connectivity index (χ3v) is 3.46. The van der Waals surface area contributed by atoms with E-state index in [4.69, 9.17) is 4.74 Å². The molecule has 0 fully saturated rings. The predicted octanol–water partition coefficient (Wildman–Crippen LogP) is 3.01. The second kappa shape index (κ2) is 8.17. The van der Waals surface area contributed by atoms with Crippen molar-refractivity contribution >= 4 is 5.96 Å². The van der Waals surface area contributed by atoms with Gasteiger partial charge in [-0.15, -0.1) is 0 Å². The van der Waals surface area contributed by atoms with E-state index in [2.05, 4.69) is 15.6 Å². The lowest BCUT2D eigenvalue weighted by Crippen LogP contribution is -2.36. The van der Waals surface area contributed by atoms with Crippen molar-refractivity contribution in [1.29, 1.82) is 0 Å². The number of aliphatic imine (C=N–C) groups is 1. The zero-order chi connectivity index (χ0) is 16.7. The fourth-order valence-electron chi connectivity index (χ4n) is 2.23. The fourth-order valence-corrected chi connectivity index (χ4v) is 2.23. The lowest BCUT2D eigenvalue weighted by atomic mass is 10.1. The Morgan fingerprint density at radius 2 is 1.91 bits per heavy atom. The lowest BCUT2D eigenvalue weighted by Gasteiger charge is -2.14. The van der Waals surface area contributed by atoms with Gasteiger partial charge in [0.15, 0.2) is 5.96 Å². The molecule has 0 aliphatic carbocycles. The van der Waals surface area contributed by atoms with Gasteiger partial charge in [0.1, 0.15) is 11.6 Å². The van der Waals surface area contributed by atoms with Gasteiger partial charge in [-0.1, -0.05) is 24.3 Å². The predicted molar refractivity (Wildman–Crippen MR) is 91.2 cm³/mol. The number of guanidine groups is 1.